The van der Waals surface area contributed by atoms with E-state index in [0.29, 0.717) is 28.3 Å². The number of aryl methyl sites for hydroxylation is 2. The maximum atomic E-state index is 12.5. The number of amides is 1. The minimum absolute atomic E-state index is 0.0277. The minimum Gasteiger partial charge on any atom is -0.351 e. The van der Waals surface area contributed by atoms with Crippen molar-refractivity contribution >= 4 is 28.3 Å². The summed E-state index contributed by atoms with van der Waals surface area (Å²) in [5.74, 6) is 1.23. The minimum atomic E-state index is -0.151. The lowest BCUT2D eigenvalue weighted by Gasteiger charge is -2.08. The molecule has 4 aromatic rings. The average Bonchev–Trinajstić information content (AvgIpc) is 3.52. The van der Waals surface area contributed by atoms with Crippen LogP contribution >= 0.6 is 11.3 Å². The lowest BCUT2D eigenvalue weighted by molar-refractivity contribution is 0.0957. The van der Waals surface area contributed by atoms with Crippen molar-refractivity contribution in [1.82, 2.24) is 40.9 Å². The molecule has 32 heavy (non-hydrogen) atoms. The van der Waals surface area contributed by atoms with E-state index in [0.717, 1.165) is 48.4 Å². The van der Waals surface area contributed by atoms with Gasteiger partial charge < -0.3 is 15.3 Å². The number of unbranched alkanes of at least 4 members (excludes halogenated alkanes) is 3. The lowest BCUT2D eigenvalue weighted by atomic mass is 10.0. The van der Waals surface area contributed by atoms with Crippen LogP contribution in [0.15, 0.2) is 23.1 Å². The molecule has 4 rings (SSSR count). The van der Waals surface area contributed by atoms with Gasteiger partial charge in [0.15, 0.2) is 5.82 Å². The number of tetrazole rings is 1. The second-order valence-electron chi connectivity index (χ2n) is 7.79. The van der Waals surface area contributed by atoms with Crippen molar-refractivity contribution < 1.29 is 4.79 Å². The quantitative estimate of drug-likeness (QED) is 0.271. The van der Waals surface area contributed by atoms with Gasteiger partial charge >= 0.3 is 0 Å². The first-order valence-corrected chi connectivity index (χ1v) is 11.5. The van der Waals surface area contributed by atoms with Gasteiger partial charge in [0.05, 0.1) is 10.3 Å². The number of rotatable bonds is 10. The number of thiophene rings is 1. The highest BCUT2D eigenvalue weighted by molar-refractivity contribution is 7.14. The Morgan fingerprint density at radius 2 is 2.06 bits per heavy atom. The first kappa shape index (κ1) is 21.9. The van der Waals surface area contributed by atoms with Crippen molar-refractivity contribution in [3.8, 4) is 0 Å². The van der Waals surface area contributed by atoms with Crippen LogP contribution in [0.1, 0.15) is 70.3 Å². The number of carbonyl (C=O) groups is 1. The molecule has 11 heteroatoms. The summed E-state index contributed by atoms with van der Waals surface area (Å²) in [4.78, 5) is 36.8. The van der Waals surface area contributed by atoms with Gasteiger partial charge in [-0.05, 0) is 37.5 Å². The number of hydrogen-bond acceptors (Lipinski definition) is 7. The van der Waals surface area contributed by atoms with E-state index in [1.54, 1.807) is 6.92 Å². The Bertz CT molecular complexity index is 1240. The van der Waals surface area contributed by atoms with Crippen LogP contribution in [-0.2, 0) is 6.42 Å². The summed E-state index contributed by atoms with van der Waals surface area (Å²) in [6.45, 7) is 4.43. The van der Waals surface area contributed by atoms with Gasteiger partial charge in [0.25, 0.3) is 11.5 Å². The number of carbonyl (C=O) groups excluding carboxylic acids is 1. The lowest BCUT2D eigenvalue weighted by Crippen LogP contribution is -2.23. The molecule has 1 unspecified atom stereocenters. The molecule has 0 aromatic carbocycles. The molecule has 0 aliphatic carbocycles. The van der Waals surface area contributed by atoms with E-state index in [4.69, 9.17) is 0 Å². The van der Waals surface area contributed by atoms with Crippen molar-refractivity contribution in [2.24, 2.45) is 0 Å². The Hall–Kier alpha value is -3.34. The highest BCUT2D eigenvalue weighted by atomic mass is 32.1. The van der Waals surface area contributed by atoms with Crippen molar-refractivity contribution in [3.63, 3.8) is 0 Å². The molecule has 4 N–H and O–H groups in total. The molecular weight excluding hydrogens is 428 g/mol. The second kappa shape index (κ2) is 9.86. The molecule has 0 saturated heterocycles. The van der Waals surface area contributed by atoms with Crippen LogP contribution < -0.4 is 10.9 Å². The highest BCUT2D eigenvalue weighted by Gasteiger charge is 2.19. The summed E-state index contributed by atoms with van der Waals surface area (Å²) >= 11 is 1.45. The van der Waals surface area contributed by atoms with Crippen LogP contribution in [0.3, 0.4) is 0 Å². The topological polar surface area (TPSA) is 145 Å². The van der Waals surface area contributed by atoms with Crippen molar-refractivity contribution in [3.05, 3.63) is 55.6 Å². The molecule has 0 bridgehead atoms. The third-order valence-electron chi connectivity index (χ3n) is 5.44. The van der Waals surface area contributed by atoms with Gasteiger partial charge in [-0.1, -0.05) is 25.0 Å². The monoisotopic (exact) mass is 454 g/mol. The van der Waals surface area contributed by atoms with E-state index in [-0.39, 0.29) is 17.4 Å². The number of aromatic amines is 3. The summed E-state index contributed by atoms with van der Waals surface area (Å²) in [5, 5.41) is 17.4. The van der Waals surface area contributed by atoms with E-state index < -0.39 is 0 Å². The van der Waals surface area contributed by atoms with Crippen LogP contribution in [0.5, 0.6) is 0 Å². The Morgan fingerprint density at radius 1 is 1.22 bits per heavy atom. The summed E-state index contributed by atoms with van der Waals surface area (Å²) in [7, 11) is 0. The Kier molecular flexibility index (Phi) is 6.74. The molecule has 4 heterocycles. The standard InChI is InChI=1S/C21H26N8O2S/c1-12(14-11-23-19-18(14)21(31)25-13(2)24-19)15-8-9-16(32-15)20(30)22-10-6-4-3-5-7-17-26-28-29-27-17/h8-9,11-12H,3-7,10H2,1-2H3,(H,22,30)(H2,23,24,25,31)(H,26,27,28,29). The van der Waals surface area contributed by atoms with Gasteiger partial charge in [-0.2, -0.15) is 5.21 Å². The molecule has 0 aliphatic heterocycles. The maximum absolute atomic E-state index is 12.5. The molecule has 0 radical (unpaired) electrons. The predicted molar refractivity (Wildman–Crippen MR) is 122 cm³/mol. The van der Waals surface area contributed by atoms with Crippen molar-refractivity contribution in [2.45, 2.75) is 51.9 Å². The Morgan fingerprint density at radius 3 is 2.88 bits per heavy atom. The zero-order valence-corrected chi connectivity index (χ0v) is 18.9. The number of H-pyrrole nitrogens is 3. The number of fused-ring (bicyclic) bond motifs is 1. The van der Waals surface area contributed by atoms with Crippen LogP contribution in [0, 0.1) is 6.92 Å². The SMILES string of the molecule is Cc1nc2[nH]cc(C(C)c3ccc(C(=O)NCCCCCCc4nn[nH]n4)s3)c2c(=O)[nH]1. The molecule has 168 valence electrons. The first-order valence-electron chi connectivity index (χ1n) is 10.7. The fourth-order valence-electron chi connectivity index (χ4n) is 3.72. The van der Waals surface area contributed by atoms with Gasteiger partial charge in [-0.25, -0.2) is 4.98 Å². The van der Waals surface area contributed by atoms with E-state index in [1.165, 1.54) is 11.3 Å². The number of hydrogen-bond donors (Lipinski definition) is 4. The average molecular weight is 455 g/mol. The van der Waals surface area contributed by atoms with Gasteiger partial charge in [0, 0.05) is 30.0 Å². The van der Waals surface area contributed by atoms with E-state index in [1.807, 2.05) is 25.3 Å². The fraction of sp³-hybridized carbons (Fsp3) is 0.429. The van der Waals surface area contributed by atoms with E-state index >= 15 is 0 Å². The van der Waals surface area contributed by atoms with Gasteiger partial charge in [-0.3, -0.25) is 9.59 Å². The Balaban J connectivity index is 1.28. The third-order valence-corrected chi connectivity index (χ3v) is 6.70. The summed E-state index contributed by atoms with van der Waals surface area (Å²) in [6.07, 6.45) is 6.67. The number of nitrogens with zero attached hydrogens (tertiary/aromatic N) is 4. The zero-order valence-electron chi connectivity index (χ0n) is 18.1. The number of aromatic nitrogens is 7. The first-order chi connectivity index (χ1) is 15.5. The molecule has 10 nitrogen and oxygen atoms in total. The molecule has 1 amide bonds. The Labute approximate surface area is 188 Å². The highest BCUT2D eigenvalue weighted by Crippen LogP contribution is 2.32. The van der Waals surface area contributed by atoms with Crippen LogP contribution in [0.25, 0.3) is 11.0 Å². The van der Waals surface area contributed by atoms with Crippen LogP contribution in [0.4, 0.5) is 0 Å². The fourth-order valence-corrected chi connectivity index (χ4v) is 4.71. The largest absolute Gasteiger partial charge is 0.351 e. The third kappa shape index (κ3) is 4.93. The van der Waals surface area contributed by atoms with E-state index in [2.05, 4.69) is 40.9 Å². The molecular formula is C21H26N8O2S. The van der Waals surface area contributed by atoms with Gasteiger partial charge in [0.2, 0.25) is 0 Å². The predicted octanol–water partition coefficient (Wildman–Crippen LogP) is 2.82. The van der Waals surface area contributed by atoms with Crippen LogP contribution in [0.2, 0.25) is 0 Å². The molecule has 0 aliphatic rings. The zero-order chi connectivity index (χ0) is 22.5. The molecule has 0 spiro atoms. The number of nitrogens with one attached hydrogen (secondary N) is 4. The molecule has 4 aromatic heterocycles. The maximum Gasteiger partial charge on any atom is 0.261 e. The molecule has 0 saturated carbocycles. The second-order valence-corrected chi connectivity index (χ2v) is 8.91. The summed E-state index contributed by atoms with van der Waals surface area (Å²) in [6, 6.07) is 3.80. The normalized spacial score (nSPS) is 12.3. The van der Waals surface area contributed by atoms with Crippen molar-refractivity contribution in [1.29, 1.82) is 0 Å². The van der Waals surface area contributed by atoms with Gasteiger partial charge in [0.1, 0.15) is 11.5 Å². The molecule has 0 fully saturated rings. The summed E-state index contributed by atoms with van der Waals surface area (Å²) < 4.78 is 0. The van der Waals surface area contributed by atoms with Crippen molar-refractivity contribution in [2.75, 3.05) is 6.54 Å². The van der Waals surface area contributed by atoms with Gasteiger partial charge in [-0.15, -0.1) is 21.5 Å². The molecule has 1 atom stereocenters. The van der Waals surface area contributed by atoms with Crippen LogP contribution in [-0.4, -0.2) is 48.0 Å². The van der Waals surface area contributed by atoms with E-state index in [9.17, 15) is 9.59 Å². The smallest absolute Gasteiger partial charge is 0.261 e. The summed E-state index contributed by atoms with van der Waals surface area (Å²) in [5.41, 5.74) is 1.31.